The van der Waals surface area contributed by atoms with E-state index in [9.17, 15) is 9.90 Å². The number of ether oxygens (including phenoxy) is 2. The maximum Gasteiger partial charge on any atom is 0.360 e. The van der Waals surface area contributed by atoms with Gasteiger partial charge >= 0.3 is 5.97 Å². The zero-order valence-electron chi connectivity index (χ0n) is 12.6. The van der Waals surface area contributed by atoms with Gasteiger partial charge in [0.1, 0.15) is 11.5 Å². The number of nitrogens with zero attached hydrogens (tertiary/aromatic N) is 2. The van der Waals surface area contributed by atoms with E-state index in [1.807, 2.05) is 37.3 Å². The Morgan fingerprint density at radius 1 is 1.09 bits per heavy atom. The lowest BCUT2D eigenvalue weighted by molar-refractivity contribution is 0.0686. The molecule has 1 N–H and O–H groups in total. The molecule has 0 radical (unpaired) electrons. The molecule has 23 heavy (non-hydrogen) atoms. The highest BCUT2D eigenvalue weighted by atomic mass is 16.5. The van der Waals surface area contributed by atoms with E-state index in [1.165, 1.54) is 7.11 Å². The first-order valence-corrected chi connectivity index (χ1v) is 6.91. The molecule has 3 aromatic rings. The summed E-state index contributed by atoms with van der Waals surface area (Å²) in [5.41, 5.74) is 1.61. The topological polar surface area (TPSA) is 81.5 Å². The molecule has 0 spiro atoms. The number of fused-ring (bicyclic) bond motifs is 1. The molecule has 0 atom stereocenters. The van der Waals surface area contributed by atoms with Gasteiger partial charge in [-0.25, -0.2) is 14.8 Å². The molecule has 0 saturated heterocycles. The molecule has 1 heterocycles. The molecule has 6 heteroatoms. The van der Waals surface area contributed by atoms with Gasteiger partial charge in [-0.1, -0.05) is 18.2 Å². The summed E-state index contributed by atoms with van der Waals surface area (Å²) in [6.07, 6.45) is 0. The van der Waals surface area contributed by atoms with E-state index >= 15 is 0 Å². The van der Waals surface area contributed by atoms with Crippen LogP contribution in [0.15, 0.2) is 42.5 Å². The Labute approximate surface area is 132 Å². The molecular weight excluding hydrogens is 296 g/mol. The zero-order valence-corrected chi connectivity index (χ0v) is 12.6. The van der Waals surface area contributed by atoms with Crippen molar-refractivity contribution in [3.8, 4) is 17.4 Å². The van der Waals surface area contributed by atoms with Gasteiger partial charge in [0, 0.05) is 6.07 Å². The molecule has 0 unspecified atom stereocenters. The number of hydrogen-bond donors (Lipinski definition) is 1. The van der Waals surface area contributed by atoms with Gasteiger partial charge in [0.15, 0.2) is 0 Å². The van der Waals surface area contributed by atoms with Crippen LogP contribution in [0.25, 0.3) is 11.0 Å². The Morgan fingerprint density at radius 3 is 2.43 bits per heavy atom. The lowest BCUT2D eigenvalue weighted by atomic mass is 10.2. The van der Waals surface area contributed by atoms with E-state index < -0.39 is 5.97 Å². The first kappa shape index (κ1) is 14.8. The van der Waals surface area contributed by atoms with E-state index in [1.54, 1.807) is 12.1 Å². The Bertz CT molecular complexity index is 879. The van der Waals surface area contributed by atoms with Crippen molar-refractivity contribution in [1.29, 1.82) is 0 Å². The second-order valence-electron chi connectivity index (χ2n) is 4.91. The number of carboxylic acid groups (broad SMARTS) is 1. The number of aromatic nitrogens is 2. The molecule has 0 aliphatic rings. The normalized spacial score (nSPS) is 10.5. The van der Waals surface area contributed by atoms with Gasteiger partial charge in [0.25, 0.3) is 0 Å². The standard InChI is InChI=1S/C17H14N2O4/c1-10-8-12-13(18-15(17(20)21)16(19-12)22-2)9-14(10)23-11-6-4-3-5-7-11/h3-9H,1-2H3,(H,20,21). The molecule has 2 aromatic carbocycles. The Kier molecular flexibility index (Phi) is 3.80. The first-order chi connectivity index (χ1) is 11.1. The third-order valence-corrected chi connectivity index (χ3v) is 3.30. The number of methoxy groups -OCH3 is 1. The molecule has 116 valence electrons. The van der Waals surface area contributed by atoms with Crippen molar-refractivity contribution in [3.05, 3.63) is 53.7 Å². The summed E-state index contributed by atoms with van der Waals surface area (Å²) in [6, 6.07) is 12.8. The lowest BCUT2D eigenvalue weighted by Gasteiger charge is -2.11. The third-order valence-electron chi connectivity index (χ3n) is 3.30. The van der Waals surface area contributed by atoms with Crippen LogP contribution in [-0.2, 0) is 0 Å². The van der Waals surface area contributed by atoms with E-state index in [-0.39, 0.29) is 11.6 Å². The van der Waals surface area contributed by atoms with Crippen molar-refractivity contribution in [1.82, 2.24) is 9.97 Å². The van der Waals surface area contributed by atoms with Crippen LogP contribution >= 0.6 is 0 Å². The predicted molar refractivity (Wildman–Crippen MR) is 84.3 cm³/mol. The summed E-state index contributed by atoms with van der Waals surface area (Å²) in [5.74, 6) is 0.0814. The van der Waals surface area contributed by atoms with Gasteiger partial charge in [-0.15, -0.1) is 0 Å². The van der Waals surface area contributed by atoms with Crippen LogP contribution in [-0.4, -0.2) is 28.2 Å². The number of aromatic carboxylic acids is 1. The van der Waals surface area contributed by atoms with Crippen LogP contribution in [0.1, 0.15) is 16.1 Å². The van der Waals surface area contributed by atoms with E-state index in [0.29, 0.717) is 22.5 Å². The van der Waals surface area contributed by atoms with Crippen molar-refractivity contribution in [3.63, 3.8) is 0 Å². The molecule has 0 bridgehead atoms. The second kappa shape index (κ2) is 5.92. The van der Waals surface area contributed by atoms with Crippen LogP contribution < -0.4 is 9.47 Å². The van der Waals surface area contributed by atoms with E-state index in [2.05, 4.69) is 9.97 Å². The van der Waals surface area contributed by atoms with Crippen LogP contribution in [0.5, 0.6) is 17.4 Å². The maximum absolute atomic E-state index is 11.3. The molecule has 0 aliphatic carbocycles. The highest BCUT2D eigenvalue weighted by Gasteiger charge is 2.17. The largest absolute Gasteiger partial charge is 0.479 e. The number of aryl methyl sites for hydroxylation is 1. The van der Waals surface area contributed by atoms with Gasteiger partial charge in [-0.05, 0) is 30.7 Å². The second-order valence-corrected chi connectivity index (χ2v) is 4.91. The minimum atomic E-state index is -1.19. The fourth-order valence-corrected chi connectivity index (χ4v) is 2.18. The molecule has 3 rings (SSSR count). The Morgan fingerprint density at radius 2 is 1.78 bits per heavy atom. The summed E-state index contributed by atoms with van der Waals surface area (Å²) in [7, 11) is 1.36. The Hall–Kier alpha value is -3.15. The SMILES string of the molecule is COc1nc2cc(C)c(Oc3ccccc3)cc2nc1C(=O)O. The monoisotopic (exact) mass is 310 g/mol. The average Bonchev–Trinajstić information content (AvgIpc) is 2.55. The van der Waals surface area contributed by atoms with Crippen molar-refractivity contribution in [2.75, 3.05) is 7.11 Å². The minimum Gasteiger partial charge on any atom is -0.479 e. The highest BCUT2D eigenvalue weighted by Crippen LogP contribution is 2.29. The van der Waals surface area contributed by atoms with Crippen LogP contribution in [0, 0.1) is 6.92 Å². The van der Waals surface area contributed by atoms with Gasteiger partial charge < -0.3 is 14.6 Å². The summed E-state index contributed by atoms with van der Waals surface area (Å²) in [6.45, 7) is 1.89. The van der Waals surface area contributed by atoms with E-state index in [4.69, 9.17) is 9.47 Å². The van der Waals surface area contributed by atoms with Gasteiger partial charge in [0.05, 0.1) is 18.1 Å². The van der Waals surface area contributed by atoms with Crippen molar-refractivity contribution in [2.45, 2.75) is 6.92 Å². The quantitative estimate of drug-likeness (QED) is 0.795. The summed E-state index contributed by atoms with van der Waals surface area (Å²) in [4.78, 5) is 19.6. The number of para-hydroxylation sites is 1. The fraction of sp³-hybridized carbons (Fsp3) is 0.118. The fourth-order valence-electron chi connectivity index (χ4n) is 2.18. The minimum absolute atomic E-state index is 0.0128. The predicted octanol–water partition coefficient (Wildman–Crippen LogP) is 3.44. The maximum atomic E-state index is 11.3. The molecular formula is C17H14N2O4. The van der Waals surface area contributed by atoms with Crippen LogP contribution in [0.4, 0.5) is 0 Å². The number of benzene rings is 2. The smallest absolute Gasteiger partial charge is 0.360 e. The number of carbonyl (C=O) groups is 1. The van der Waals surface area contributed by atoms with Crippen LogP contribution in [0.2, 0.25) is 0 Å². The van der Waals surface area contributed by atoms with E-state index in [0.717, 1.165) is 5.56 Å². The van der Waals surface area contributed by atoms with Crippen molar-refractivity contribution >= 4 is 17.0 Å². The number of rotatable bonds is 4. The summed E-state index contributed by atoms with van der Waals surface area (Å²) < 4.78 is 10.8. The number of hydrogen-bond acceptors (Lipinski definition) is 5. The highest BCUT2D eigenvalue weighted by molar-refractivity contribution is 5.91. The molecule has 0 fully saturated rings. The zero-order chi connectivity index (χ0) is 16.4. The van der Waals surface area contributed by atoms with Crippen molar-refractivity contribution < 1.29 is 19.4 Å². The molecule has 6 nitrogen and oxygen atoms in total. The molecule has 0 aliphatic heterocycles. The third kappa shape index (κ3) is 2.91. The number of carboxylic acids is 1. The first-order valence-electron chi connectivity index (χ1n) is 6.91. The summed E-state index contributed by atoms with van der Waals surface area (Å²) >= 11 is 0. The Balaban J connectivity index is 2.11. The average molecular weight is 310 g/mol. The van der Waals surface area contributed by atoms with Gasteiger partial charge in [0.2, 0.25) is 11.6 Å². The molecule has 0 saturated carbocycles. The van der Waals surface area contributed by atoms with Crippen molar-refractivity contribution in [2.24, 2.45) is 0 Å². The molecule has 0 amide bonds. The lowest BCUT2D eigenvalue weighted by Crippen LogP contribution is -2.06. The van der Waals surface area contributed by atoms with Gasteiger partial charge in [-0.2, -0.15) is 0 Å². The van der Waals surface area contributed by atoms with Gasteiger partial charge in [-0.3, -0.25) is 0 Å². The van der Waals surface area contributed by atoms with Crippen LogP contribution in [0.3, 0.4) is 0 Å². The molecule has 1 aromatic heterocycles. The summed E-state index contributed by atoms with van der Waals surface area (Å²) in [5, 5.41) is 9.20.